The number of nitriles is 1. The SMILES string of the molecule is N#Cc1ccc2nnn(S(=O)(=O)c3cccnc3)c2c1. The first-order chi connectivity index (χ1) is 9.63. The summed E-state index contributed by atoms with van der Waals surface area (Å²) in [7, 11) is -3.88. The van der Waals surface area contributed by atoms with Gasteiger partial charge in [0, 0.05) is 12.4 Å². The zero-order chi connectivity index (χ0) is 14.2. The Morgan fingerprint density at radius 2 is 2.10 bits per heavy atom. The maximum atomic E-state index is 12.4. The predicted octanol–water partition coefficient (Wildman–Crippen LogP) is 0.935. The van der Waals surface area contributed by atoms with Gasteiger partial charge in [-0.3, -0.25) is 4.98 Å². The Bertz CT molecular complexity index is 925. The minimum absolute atomic E-state index is 0.00848. The van der Waals surface area contributed by atoms with Crippen LogP contribution in [-0.2, 0) is 10.0 Å². The zero-order valence-corrected chi connectivity index (χ0v) is 10.8. The molecule has 0 saturated heterocycles. The highest BCUT2D eigenvalue weighted by Crippen LogP contribution is 2.18. The van der Waals surface area contributed by atoms with E-state index in [4.69, 9.17) is 5.26 Å². The summed E-state index contributed by atoms with van der Waals surface area (Å²) in [6.45, 7) is 0. The fourth-order valence-corrected chi connectivity index (χ4v) is 2.93. The number of pyridine rings is 1. The van der Waals surface area contributed by atoms with E-state index in [1.807, 2.05) is 6.07 Å². The highest BCUT2D eigenvalue weighted by Gasteiger charge is 2.21. The van der Waals surface area contributed by atoms with Crippen LogP contribution in [0.1, 0.15) is 5.56 Å². The summed E-state index contributed by atoms with van der Waals surface area (Å²) in [6.07, 6.45) is 2.71. The van der Waals surface area contributed by atoms with E-state index in [1.54, 1.807) is 12.1 Å². The first kappa shape index (κ1) is 12.3. The van der Waals surface area contributed by atoms with Crippen LogP contribution < -0.4 is 0 Å². The molecule has 0 aliphatic heterocycles. The highest BCUT2D eigenvalue weighted by molar-refractivity contribution is 7.90. The van der Waals surface area contributed by atoms with Crippen molar-refractivity contribution in [2.45, 2.75) is 4.90 Å². The highest BCUT2D eigenvalue weighted by atomic mass is 32.2. The van der Waals surface area contributed by atoms with Crippen LogP contribution in [0.15, 0.2) is 47.6 Å². The average Bonchev–Trinajstić information content (AvgIpc) is 2.91. The molecule has 98 valence electrons. The van der Waals surface area contributed by atoms with Crippen molar-refractivity contribution < 1.29 is 8.42 Å². The van der Waals surface area contributed by atoms with Crippen LogP contribution >= 0.6 is 0 Å². The third-order valence-corrected chi connectivity index (χ3v) is 4.27. The van der Waals surface area contributed by atoms with Crippen LogP contribution in [0.2, 0.25) is 0 Å². The second-order valence-electron chi connectivity index (χ2n) is 3.94. The summed E-state index contributed by atoms with van der Waals surface area (Å²) in [5.41, 5.74) is 0.992. The lowest BCUT2D eigenvalue weighted by Crippen LogP contribution is -2.14. The molecule has 0 radical (unpaired) electrons. The maximum Gasteiger partial charge on any atom is 0.286 e. The zero-order valence-electron chi connectivity index (χ0n) is 10.0. The Kier molecular flexibility index (Phi) is 2.69. The van der Waals surface area contributed by atoms with Crippen molar-refractivity contribution in [1.82, 2.24) is 19.4 Å². The smallest absolute Gasteiger partial charge is 0.263 e. The van der Waals surface area contributed by atoms with E-state index in [0.717, 1.165) is 4.09 Å². The molecular weight excluding hydrogens is 278 g/mol. The van der Waals surface area contributed by atoms with Crippen LogP contribution in [0.25, 0.3) is 11.0 Å². The molecule has 0 aliphatic rings. The molecule has 0 spiro atoms. The Labute approximate surface area is 114 Å². The molecule has 0 fully saturated rings. The Hall–Kier alpha value is -2.79. The summed E-state index contributed by atoms with van der Waals surface area (Å²) < 4.78 is 25.7. The summed E-state index contributed by atoms with van der Waals surface area (Å²) in [4.78, 5) is 3.79. The molecule has 3 aromatic rings. The molecule has 3 rings (SSSR count). The number of nitrogens with zero attached hydrogens (tertiary/aromatic N) is 5. The van der Waals surface area contributed by atoms with E-state index >= 15 is 0 Å². The van der Waals surface area contributed by atoms with Crippen molar-refractivity contribution in [1.29, 1.82) is 5.26 Å². The fraction of sp³-hybridized carbons (Fsp3) is 0. The van der Waals surface area contributed by atoms with Crippen molar-refractivity contribution in [3.8, 4) is 6.07 Å². The minimum Gasteiger partial charge on any atom is -0.263 e. The number of fused-ring (bicyclic) bond motifs is 1. The second-order valence-corrected chi connectivity index (χ2v) is 5.71. The molecule has 1 aromatic carbocycles. The van der Waals surface area contributed by atoms with Gasteiger partial charge in [-0.1, -0.05) is 5.21 Å². The molecule has 0 N–H and O–H groups in total. The molecule has 0 unspecified atom stereocenters. The standard InChI is InChI=1S/C12H7N5O2S/c13-7-9-3-4-11-12(6-9)17(16-15-11)20(18,19)10-2-1-5-14-8-10/h1-6,8H. The van der Waals surface area contributed by atoms with Crippen molar-refractivity contribution in [2.75, 3.05) is 0 Å². The van der Waals surface area contributed by atoms with Crippen molar-refractivity contribution >= 4 is 21.1 Å². The van der Waals surface area contributed by atoms with Gasteiger partial charge in [-0.15, -0.1) is 9.19 Å². The Balaban J connectivity index is 2.28. The number of rotatable bonds is 2. The molecule has 2 heterocycles. The lowest BCUT2D eigenvalue weighted by atomic mass is 10.2. The molecular formula is C12H7N5O2S. The van der Waals surface area contributed by atoms with Gasteiger partial charge in [0.25, 0.3) is 10.0 Å². The van der Waals surface area contributed by atoms with E-state index in [-0.39, 0.29) is 10.4 Å². The first-order valence-corrected chi connectivity index (χ1v) is 6.98. The van der Waals surface area contributed by atoms with Gasteiger partial charge in [-0.05, 0) is 30.3 Å². The number of benzene rings is 1. The van der Waals surface area contributed by atoms with E-state index in [1.165, 1.54) is 30.6 Å². The van der Waals surface area contributed by atoms with Crippen molar-refractivity contribution in [3.63, 3.8) is 0 Å². The van der Waals surface area contributed by atoms with E-state index in [9.17, 15) is 8.42 Å². The number of aromatic nitrogens is 4. The molecule has 0 atom stereocenters. The van der Waals surface area contributed by atoms with Crippen LogP contribution in [0.4, 0.5) is 0 Å². The fourth-order valence-electron chi connectivity index (χ4n) is 1.74. The van der Waals surface area contributed by atoms with Gasteiger partial charge in [0.1, 0.15) is 15.9 Å². The molecule has 0 saturated carbocycles. The molecule has 0 bridgehead atoms. The van der Waals surface area contributed by atoms with Crippen molar-refractivity contribution in [2.24, 2.45) is 0 Å². The third kappa shape index (κ3) is 1.81. The normalized spacial score (nSPS) is 11.3. The van der Waals surface area contributed by atoms with Crippen LogP contribution in [0.5, 0.6) is 0 Å². The average molecular weight is 285 g/mol. The van der Waals surface area contributed by atoms with Gasteiger partial charge >= 0.3 is 0 Å². The van der Waals surface area contributed by atoms with Crippen molar-refractivity contribution in [3.05, 3.63) is 48.3 Å². The quantitative estimate of drug-likeness (QED) is 0.694. The molecule has 0 amide bonds. The van der Waals surface area contributed by atoms with Gasteiger partial charge in [-0.2, -0.15) is 13.7 Å². The summed E-state index contributed by atoms with van der Waals surface area (Å²) in [5, 5.41) is 16.3. The topological polar surface area (TPSA) is 102 Å². The van der Waals surface area contributed by atoms with Crippen LogP contribution in [0.3, 0.4) is 0 Å². The lowest BCUT2D eigenvalue weighted by Gasteiger charge is -2.03. The molecule has 0 aliphatic carbocycles. The lowest BCUT2D eigenvalue weighted by molar-refractivity contribution is 0.579. The van der Waals surface area contributed by atoms with Gasteiger partial charge in [-0.25, -0.2) is 0 Å². The summed E-state index contributed by atoms with van der Waals surface area (Å²) in [5.74, 6) is 0. The summed E-state index contributed by atoms with van der Waals surface area (Å²) in [6, 6.07) is 9.43. The molecule has 7 nitrogen and oxygen atoms in total. The monoisotopic (exact) mass is 285 g/mol. The van der Waals surface area contributed by atoms with Gasteiger partial charge in [0.2, 0.25) is 0 Å². The third-order valence-electron chi connectivity index (χ3n) is 2.70. The second kappa shape index (κ2) is 4.40. The van der Waals surface area contributed by atoms with Crippen LogP contribution in [-0.4, -0.2) is 27.8 Å². The Morgan fingerprint density at radius 3 is 2.80 bits per heavy atom. The largest absolute Gasteiger partial charge is 0.286 e. The van der Waals surface area contributed by atoms with E-state index in [2.05, 4.69) is 15.3 Å². The van der Waals surface area contributed by atoms with Gasteiger partial charge < -0.3 is 0 Å². The van der Waals surface area contributed by atoms with E-state index in [0.29, 0.717) is 11.1 Å². The summed E-state index contributed by atoms with van der Waals surface area (Å²) >= 11 is 0. The van der Waals surface area contributed by atoms with E-state index < -0.39 is 10.0 Å². The minimum atomic E-state index is -3.88. The first-order valence-electron chi connectivity index (χ1n) is 5.54. The van der Waals surface area contributed by atoms with Gasteiger partial charge in [0.05, 0.1) is 11.6 Å². The Morgan fingerprint density at radius 1 is 1.25 bits per heavy atom. The molecule has 2 aromatic heterocycles. The molecule has 20 heavy (non-hydrogen) atoms. The number of hydrogen-bond donors (Lipinski definition) is 0. The predicted molar refractivity (Wildman–Crippen MR) is 69.1 cm³/mol. The number of hydrogen-bond acceptors (Lipinski definition) is 6. The van der Waals surface area contributed by atoms with Gasteiger partial charge in [0.15, 0.2) is 0 Å². The molecule has 8 heteroatoms. The maximum absolute atomic E-state index is 12.4. The van der Waals surface area contributed by atoms with Crippen LogP contribution in [0, 0.1) is 11.3 Å².